The minimum atomic E-state index is -0.338. The standard InChI is InChI=1S/C16H19NO3/c1-16(2)10-9-12(15(18)20-4)11-17(16)13-5-7-14(19-3)8-6-13/h5-11H,1-4H3. The zero-order valence-corrected chi connectivity index (χ0v) is 12.2. The van der Waals surface area contributed by atoms with Crippen LogP contribution in [0.2, 0.25) is 0 Å². The van der Waals surface area contributed by atoms with Crippen molar-refractivity contribution in [1.29, 1.82) is 0 Å². The van der Waals surface area contributed by atoms with Crippen molar-refractivity contribution in [2.45, 2.75) is 19.4 Å². The summed E-state index contributed by atoms with van der Waals surface area (Å²) < 4.78 is 9.94. The molecule has 1 aromatic rings. The Labute approximate surface area is 119 Å². The second-order valence-corrected chi connectivity index (χ2v) is 5.13. The fourth-order valence-electron chi connectivity index (χ4n) is 2.11. The monoisotopic (exact) mass is 273 g/mol. The highest BCUT2D eigenvalue weighted by molar-refractivity contribution is 5.92. The van der Waals surface area contributed by atoms with Crippen molar-refractivity contribution in [3.05, 3.63) is 48.2 Å². The van der Waals surface area contributed by atoms with Gasteiger partial charge >= 0.3 is 5.97 Å². The quantitative estimate of drug-likeness (QED) is 0.794. The summed E-state index contributed by atoms with van der Waals surface area (Å²) in [7, 11) is 3.02. The maximum absolute atomic E-state index is 11.7. The van der Waals surface area contributed by atoms with Crippen LogP contribution in [0.5, 0.6) is 5.75 Å². The Morgan fingerprint density at radius 2 is 1.80 bits per heavy atom. The molecule has 4 nitrogen and oxygen atoms in total. The average molecular weight is 273 g/mol. The lowest BCUT2D eigenvalue weighted by Gasteiger charge is -2.38. The van der Waals surface area contributed by atoms with Gasteiger partial charge in [-0.1, -0.05) is 6.08 Å². The Morgan fingerprint density at radius 1 is 1.15 bits per heavy atom. The van der Waals surface area contributed by atoms with Crippen LogP contribution in [0.3, 0.4) is 0 Å². The fourth-order valence-corrected chi connectivity index (χ4v) is 2.11. The minimum Gasteiger partial charge on any atom is -0.497 e. The lowest BCUT2D eigenvalue weighted by molar-refractivity contribution is -0.135. The number of carbonyl (C=O) groups is 1. The van der Waals surface area contributed by atoms with E-state index >= 15 is 0 Å². The van der Waals surface area contributed by atoms with Gasteiger partial charge in [-0.2, -0.15) is 0 Å². The SMILES string of the molecule is COC(=O)C1=CN(c2ccc(OC)cc2)C(C)(C)C=C1. The molecular formula is C16H19NO3. The van der Waals surface area contributed by atoms with Crippen LogP contribution >= 0.6 is 0 Å². The van der Waals surface area contributed by atoms with Gasteiger partial charge in [0.1, 0.15) is 5.75 Å². The molecule has 20 heavy (non-hydrogen) atoms. The number of hydrogen-bond acceptors (Lipinski definition) is 4. The van der Waals surface area contributed by atoms with E-state index in [1.807, 2.05) is 41.4 Å². The van der Waals surface area contributed by atoms with Gasteiger partial charge in [0.2, 0.25) is 0 Å². The zero-order chi connectivity index (χ0) is 14.8. The molecule has 0 radical (unpaired) electrons. The molecule has 0 saturated carbocycles. The first-order valence-electron chi connectivity index (χ1n) is 6.41. The number of esters is 1. The first kappa shape index (κ1) is 14.2. The molecule has 1 aromatic carbocycles. The molecule has 1 aliphatic rings. The number of ether oxygens (including phenoxy) is 2. The summed E-state index contributed by atoms with van der Waals surface area (Å²) in [4.78, 5) is 13.7. The molecule has 0 amide bonds. The smallest absolute Gasteiger partial charge is 0.339 e. The van der Waals surface area contributed by atoms with Gasteiger partial charge in [-0.15, -0.1) is 0 Å². The first-order chi connectivity index (χ1) is 9.47. The van der Waals surface area contributed by atoms with Crippen LogP contribution in [-0.4, -0.2) is 25.7 Å². The van der Waals surface area contributed by atoms with E-state index in [9.17, 15) is 4.79 Å². The second-order valence-electron chi connectivity index (χ2n) is 5.13. The van der Waals surface area contributed by atoms with Crippen molar-refractivity contribution in [2.24, 2.45) is 0 Å². The Balaban J connectivity index is 2.37. The number of carbonyl (C=O) groups excluding carboxylic acids is 1. The van der Waals surface area contributed by atoms with Gasteiger partial charge < -0.3 is 14.4 Å². The van der Waals surface area contributed by atoms with Crippen molar-refractivity contribution >= 4 is 11.7 Å². The lowest BCUT2D eigenvalue weighted by Crippen LogP contribution is -2.41. The highest BCUT2D eigenvalue weighted by atomic mass is 16.5. The molecular weight excluding hydrogens is 254 g/mol. The average Bonchev–Trinajstić information content (AvgIpc) is 2.46. The molecule has 1 aliphatic heterocycles. The van der Waals surface area contributed by atoms with Gasteiger partial charge in [0.15, 0.2) is 0 Å². The van der Waals surface area contributed by atoms with Crippen LogP contribution in [-0.2, 0) is 9.53 Å². The summed E-state index contributed by atoms with van der Waals surface area (Å²) in [5.74, 6) is 0.464. The third kappa shape index (κ3) is 2.69. The van der Waals surface area contributed by atoms with Crippen molar-refractivity contribution in [1.82, 2.24) is 0 Å². The highest BCUT2D eigenvalue weighted by Crippen LogP contribution is 2.31. The van der Waals surface area contributed by atoms with Gasteiger partial charge in [0, 0.05) is 11.9 Å². The van der Waals surface area contributed by atoms with Gasteiger partial charge in [-0.05, 0) is 44.2 Å². The van der Waals surface area contributed by atoms with Gasteiger partial charge in [-0.3, -0.25) is 0 Å². The zero-order valence-electron chi connectivity index (χ0n) is 12.2. The number of methoxy groups -OCH3 is 2. The third-order valence-corrected chi connectivity index (χ3v) is 3.33. The summed E-state index contributed by atoms with van der Waals surface area (Å²) in [6, 6.07) is 7.72. The number of rotatable bonds is 3. The van der Waals surface area contributed by atoms with Crippen molar-refractivity contribution in [2.75, 3.05) is 19.1 Å². The van der Waals surface area contributed by atoms with E-state index in [1.165, 1.54) is 7.11 Å². The molecule has 1 heterocycles. The summed E-state index contributed by atoms with van der Waals surface area (Å²) in [5, 5.41) is 0. The Hall–Kier alpha value is -2.23. The van der Waals surface area contributed by atoms with Crippen molar-refractivity contribution < 1.29 is 14.3 Å². The summed E-state index contributed by atoms with van der Waals surface area (Å²) >= 11 is 0. The molecule has 106 valence electrons. The predicted molar refractivity (Wildman–Crippen MR) is 78.8 cm³/mol. The van der Waals surface area contributed by atoms with Crippen molar-refractivity contribution in [3.8, 4) is 5.75 Å². The molecule has 0 spiro atoms. The molecule has 0 saturated heterocycles. The first-order valence-corrected chi connectivity index (χ1v) is 6.41. The number of nitrogens with zero attached hydrogens (tertiary/aromatic N) is 1. The fraction of sp³-hybridized carbons (Fsp3) is 0.312. The number of benzene rings is 1. The van der Waals surface area contributed by atoms with E-state index in [-0.39, 0.29) is 11.5 Å². The lowest BCUT2D eigenvalue weighted by atomic mass is 9.96. The van der Waals surface area contributed by atoms with Crippen molar-refractivity contribution in [3.63, 3.8) is 0 Å². The van der Waals surface area contributed by atoms with E-state index in [2.05, 4.69) is 13.8 Å². The van der Waals surface area contributed by atoms with Gasteiger partial charge in [0.05, 0.1) is 25.3 Å². The molecule has 4 heteroatoms. The van der Waals surface area contributed by atoms with Crippen LogP contribution in [0.4, 0.5) is 5.69 Å². The van der Waals surface area contributed by atoms with Gasteiger partial charge in [-0.25, -0.2) is 4.79 Å². The molecule has 0 N–H and O–H groups in total. The highest BCUT2D eigenvalue weighted by Gasteiger charge is 2.27. The molecule has 0 unspecified atom stereocenters. The third-order valence-electron chi connectivity index (χ3n) is 3.33. The predicted octanol–water partition coefficient (Wildman–Crippen LogP) is 2.91. The molecule has 2 rings (SSSR count). The molecule has 0 atom stereocenters. The molecule has 0 aliphatic carbocycles. The van der Waals surface area contributed by atoms with Crippen LogP contribution in [0, 0.1) is 0 Å². The second kappa shape index (κ2) is 5.41. The van der Waals surface area contributed by atoms with Gasteiger partial charge in [0.25, 0.3) is 0 Å². The summed E-state index contributed by atoms with van der Waals surface area (Å²) in [6.45, 7) is 4.16. The summed E-state index contributed by atoms with van der Waals surface area (Å²) in [6.07, 6.45) is 5.60. The van der Waals surface area contributed by atoms with E-state index in [4.69, 9.17) is 9.47 Å². The van der Waals surface area contributed by atoms with E-state index in [1.54, 1.807) is 13.2 Å². The Kier molecular flexibility index (Phi) is 3.84. The molecule has 0 fully saturated rings. The normalized spacial score (nSPS) is 16.6. The minimum absolute atomic E-state index is 0.216. The maximum Gasteiger partial charge on any atom is 0.339 e. The maximum atomic E-state index is 11.7. The largest absolute Gasteiger partial charge is 0.497 e. The molecule has 0 bridgehead atoms. The number of hydrogen-bond donors (Lipinski definition) is 0. The van der Waals surface area contributed by atoms with Crippen LogP contribution in [0.25, 0.3) is 0 Å². The Bertz CT molecular complexity index is 556. The molecule has 0 aromatic heterocycles. The van der Waals surface area contributed by atoms with E-state index < -0.39 is 0 Å². The Morgan fingerprint density at radius 3 is 2.35 bits per heavy atom. The number of anilines is 1. The summed E-state index contributed by atoms with van der Waals surface area (Å²) in [5.41, 5.74) is 1.30. The van der Waals surface area contributed by atoms with Crippen LogP contribution in [0.15, 0.2) is 48.2 Å². The van der Waals surface area contributed by atoms with E-state index in [0.717, 1.165) is 11.4 Å². The topological polar surface area (TPSA) is 38.8 Å². The van der Waals surface area contributed by atoms with E-state index in [0.29, 0.717) is 5.57 Å². The van der Waals surface area contributed by atoms with Crippen LogP contribution < -0.4 is 9.64 Å². The van der Waals surface area contributed by atoms with Crippen LogP contribution in [0.1, 0.15) is 13.8 Å².